The highest BCUT2D eigenvalue weighted by atomic mass is 16.5. The van der Waals surface area contributed by atoms with Gasteiger partial charge in [0.15, 0.2) is 5.82 Å². The third-order valence-electron chi connectivity index (χ3n) is 8.02. The van der Waals surface area contributed by atoms with Crippen LogP contribution in [-0.2, 0) is 0 Å². The molecule has 4 aromatic carbocycles. The van der Waals surface area contributed by atoms with Crippen LogP contribution in [0.5, 0.6) is 11.5 Å². The summed E-state index contributed by atoms with van der Waals surface area (Å²) in [6.07, 6.45) is 2.09. The highest BCUT2D eigenvalue weighted by molar-refractivity contribution is 6.00. The van der Waals surface area contributed by atoms with Crippen LogP contribution in [0.15, 0.2) is 84.9 Å². The highest BCUT2D eigenvalue weighted by Crippen LogP contribution is 2.34. The number of likely N-dealkylation sites (tertiary alicyclic amines) is 1. The summed E-state index contributed by atoms with van der Waals surface area (Å²) in [7, 11) is 3.37. The minimum Gasteiger partial charge on any atom is -0.497 e. The zero-order valence-corrected chi connectivity index (χ0v) is 22.7. The third-order valence-corrected chi connectivity index (χ3v) is 8.02. The molecular weight excluding hydrogens is 484 g/mol. The maximum atomic E-state index is 5.55. The molecule has 1 aliphatic rings. The average molecular weight is 519 g/mol. The van der Waals surface area contributed by atoms with Gasteiger partial charge in [-0.1, -0.05) is 36.4 Å². The summed E-state index contributed by atoms with van der Waals surface area (Å²) in [5.41, 5.74) is 3.22. The zero-order chi connectivity index (χ0) is 26.8. The SMILES string of the molecule is COc1ccc(-c2nnc(NC3CCN(C(C)c4ccc5ccccc5c4)CC3)c3cc(OC)ccc23)cc1. The number of ether oxygens (including phenoxy) is 2. The summed E-state index contributed by atoms with van der Waals surface area (Å²) < 4.78 is 10.9. The predicted octanol–water partition coefficient (Wildman–Crippen LogP) is 7.10. The van der Waals surface area contributed by atoms with Crippen molar-refractivity contribution in [2.24, 2.45) is 0 Å². The van der Waals surface area contributed by atoms with Crippen LogP contribution in [0.4, 0.5) is 5.82 Å². The van der Waals surface area contributed by atoms with E-state index in [4.69, 9.17) is 9.47 Å². The number of anilines is 1. The Morgan fingerprint density at radius 1 is 0.769 bits per heavy atom. The van der Waals surface area contributed by atoms with Crippen LogP contribution in [0, 0.1) is 0 Å². The van der Waals surface area contributed by atoms with Crippen LogP contribution in [0.2, 0.25) is 0 Å². The highest BCUT2D eigenvalue weighted by Gasteiger charge is 2.25. The number of fused-ring (bicyclic) bond motifs is 2. The van der Waals surface area contributed by atoms with Crippen molar-refractivity contribution >= 4 is 27.4 Å². The number of methoxy groups -OCH3 is 2. The van der Waals surface area contributed by atoms with Crippen LogP contribution >= 0.6 is 0 Å². The molecular formula is C33H34N4O2. The van der Waals surface area contributed by atoms with Gasteiger partial charge in [-0.25, -0.2) is 0 Å². The Morgan fingerprint density at radius 3 is 2.23 bits per heavy atom. The van der Waals surface area contributed by atoms with Crippen LogP contribution in [0.25, 0.3) is 32.8 Å². The molecule has 2 heterocycles. The topological polar surface area (TPSA) is 59.5 Å². The molecule has 1 aliphatic heterocycles. The summed E-state index contributed by atoms with van der Waals surface area (Å²) >= 11 is 0. The van der Waals surface area contributed by atoms with Crippen molar-refractivity contribution in [2.45, 2.75) is 31.8 Å². The number of nitrogens with one attached hydrogen (secondary N) is 1. The first-order chi connectivity index (χ1) is 19.1. The maximum absolute atomic E-state index is 5.55. The van der Waals surface area contributed by atoms with E-state index in [1.165, 1.54) is 16.3 Å². The molecule has 0 amide bonds. The molecule has 1 fully saturated rings. The van der Waals surface area contributed by atoms with E-state index in [2.05, 4.69) is 81.9 Å². The molecule has 0 bridgehead atoms. The van der Waals surface area contributed by atoms with Crippen LogP contribution < -0.4 is 14.8 Å². The van der Waals surface area contributed by atoms with Gasteiger partial charge in [0.25, 0.3) is 0 Å². The van der Waals surface area contributed by atoms with E-state index in [0.717, 1.165) is 65.3 Å². The van der Waals surface area contributed by atoms with Gasteiger partial charge in [-0.3, -0.25) is 4.90 Å². The van der Waals surface area contributed by atoms with Gasteiger partial charge in [0.2, 0.25) is 0 Å². The van der Waals surface area contributed by atoms with E-state index in [9.17, 15) is 0 Å². The van der Waals surface area contributed by atoms with E-state index < -0.39 is 0 Å². The number of aromatic nitrogens is 2. The number of rotatable bonds is 7. The smallest absolute Gasteiger partial charge is 0.156 e. The molecule has 6 nitrogen and oxygen atoms in total. The largest absolute Gasteiger partial charge is 0.497 e. The molecule has 1 aromatic heterocycles. The quantitative estimate of drug-likeness (QED) is 0.248. The van der Waals surface area contributed by atoms with Gasteiger partial charge in [-0.2, -0.15) is 0 Å². The Morgan fingerprint density at radius 2 is 1.49 bits per heavy atom. The molecule has 1 atom stereocenters. The van der Waals surface area contributed by atoms with Gasteiger partial charge < -0.3 is 14.8 Å². The molecule has 6 rings (SSSR count). The second-order valence-corrected chi connectivity index (χ2v) is 10.3. The van der Waals surface area contributed by atoms with E-state index in [1.54, 1.807) is 14.2 Å². The number of piperidine rings is 1. The molecule has 1 N–H and O–H groups in total. The van der Waals surface area contributed by atoms with Crippen molar-refractivity contribution in [3.63, 3.8) is 0 Å². The maximum Gasteiger partial charge on any atom is 0.156 e. The first kappa shape index (κ1) is 25.1. The fourth-order valence-corrected chi connectivity index (χ4v) is 5.63. The van der Waals surface area contributed by atoms with Gasteiger partial charge >= 0.3 is 0 Å². The molecule has 0 saturated carbocycles. The Balaban J connectivity index is 1.20. The lowest BCUT2D eigenvalue weighted by atomic mass is 9.98. The summed E-state index contributed by atoms with van der Waals surface area (Å²) in [5, 5.41) is 17.7. The monoisotopic (exact) mass is 518 g/mol. The van der Waals surface area contributed by atoms with Gasteiger partial charge in [0.1, 0.15) is 17.2 Å². The lowest BCUT2D eigenvalue weighted by Crippen LogP contribution is -2.40. The van der Waals surface area contributed by atoms with Crippen molar-refractivity contribution in [3.8, 4) is 22.8 Å². The van der Waals surface area contributed by atoms with E-state index in [-0.39, 0.29) is 0 Å². The first-order valence-electron chi connectivity index (χ1n) is 13.6. The molecule has 0 radical (unpaired) electrons. The summed E-state index contributed by atoms with van der Waals surface area (Å²) in [4.78, 5) is 2.59. The molecule has 5 aromatic rings. The second-order valence-electron chi connectivity index (χ2n) is 10.3. The average Bonchev–Trinajstić information content (AvgIpc) is 3.01. The predicted molar refractivity (Wildman–Crippen MR) is 159 cm³/mol. The van der Waals surface area contributed by atoms with Crippen LogP contribution in [0.3, 0.4) is 0 Å². The molecule has 1 saturated heterocycles. The van der Waals surface area contributed by atoms with E-state index in [1.807, 2.05) is 30.3 Å². The molecule has 39 heavy (non-hydrogen) atoms. The third kappa shape index (κ3) is 5.12. The summed E-state index contributed by atoms with van der Waals surface area (Å²) in [6.45, 7) is 4.38. The normalized spacial score (nSPS) is 15.4. The number of hydrogen-bond donors (Lipinski definition) is 1. The van der Waals surface area contributed by atoms with E-state index >= 15 is 0 Å². The van der Waals surface area contributed by atoms with Crippen molar-refractivity contribution in [1.29, 1.82) is 0 Å². The van der Waals surface area contributed by atoms with Crippen LogP contribution in [0.1, 0.15) is 31.4 Å². The van der Waals surface area contributed by atoms with Gasteiger partial charge in [-0.05, 0) is 84.6 Å². The standard InChI is InChI=1S/C33H34N4O2/c1-22(25-9-8-23-6-4-5-7-26(23)20-25)37-18-16-27(17-19-37)34-33-31-21-29(39-3)14-15-30(31)32(35-36-33)24-10-12-28(38-2)13-11-24/h4-15,20-22,27H,16-19H2,1-3H3,(H,34,36). The molecule has 6 heteroatoms. The van der Waals surface area contributed by atoms with Gasteiger partial charge in [-0.15, -0.1) is 10.2 Å². The molecule has 198 valence electrons. The van der Waals surface area contributed by atoms with Gasteiger partial charge in [0.05, 0.1) is 14.2 Å². The lowest BCUT2D eigenvalue weighted by molar-refractivity contribution is 0.167. The summed E-state index contributed by atoms with van der Waals surface area (Å²) in [6, 6.07) is 30.2. The minimum atomic E-state index is 0.334. The van der Waals surface area contributed by atoms with Crippen molar-refractivity contribution in [2.75, 3.05) is 32.6 Å². The Labute approximate surface area is 229 Å². The fraction of sp³-hybridized carbons (Fsp3) is 0.273. The number of hydrogen-bond acceptors (Lipinski definition) is 6. The minimum absolute atomic E-state index is 0.334. The second kappa shape index (κ2) is 10.9. The summed E-state index contributed by atoms with van der Waals surface area (Å²) in [5.74, 6) is 2.43. The first-order valence-corrected chi connectivity index (χ1v) is 13.6. The Hall–Kier alpha value is -4.16. The molecule has 0 spiro atoms. The van der Waals surface area contributed by atoms with Gasteiger partial charge in [0, 0.05) is 41.5 Å². The number of nitrogens with zero attached hydrogens (tertiary/aromatic N) is 3. The Bertz CT molecular complexity index is 1590. The molecule has 0 aliphatic carbocycles. The zero-order valence-electron chi connectivity index (χ0n) is 22.7. The van der Waals surface area contributed by atoms with Crippen molar-refractivity contribution < 1.29 is 9.47 Å². The van der Waals surface area contributed by atoms with Crippen LogP contribution in [-0.4, -0.2) is 48.4 Å². The van der Waals surface area contributed by atoms with E-state index in [0.29, 0.717) is 12.1 Å². The molecule has 1 unspecified atom stereocenters. The Kier molecular flexibility index (Phi) is 7.03. The lowest BCUT2D eigenvalue weighted by Gasteiger charge is -2.36. The number of benzene rings is 4. The fourth-order valence-electron chi connectivity index (χ4n) is 5.63. The van der Waals surface area contributed by atoms with Crippen molar-refractivity contribution in [1.82, 2.24) is 15.1 Å². The van der Waals surface area contributed by atoms with Crippen molar-refractivity contribution in [3.05, 3.63) is 90.5 Å².